The van der Waals surface area contributed by atoms with Crippen molar-refractivity contribution in [2.45, 2.75) is 37.8 Å². The van der Waals surface area contributed by atoms with E-state index in [9.17, 15) is 8.42 Å². The van der Waals surface area contributed by atoms with Gasteiger partial charge in [0.2, 0.25) is 10.0 Å². The number of aryl methyl sites for hydroxylation is 1. The van der Waals surface area contributed by atoms with Crippen LogP contribution in [0, 0.1) is 0 Å². The zero-order chi connectivity index (χ0) is 15.9. The first-order chi connectivity index (χ1) is 9.85. The van der Waals surface area contributed by atoms with Crippen LogP contribution < -0.4 is 10.0 Å². The van der Waals surface area contributed by atoms with E-state index in [4.69, 9.17) is 0 Å². The van der Waals surface area contributed by atoms with Crippen LogP contribution in [-0.2, 0) is 16.6 Å². The van der Waals surface area contributed by atoms with Gasteiger partial charge in [-0.1, -0.05) is 6.92 Å². The molecule has 0 amide bonds. The average molecular weight is 317 g/mol. The highest BCUT2D eigenvalue weighted by Crippen LogP contribution is 2.08. The van der Waals surface area contributed by atoms with Gasteiger partial charge in [-0.3, -0.25) is 4.68 Å². The molecule has 0 aliphatic rings. The molecule has 2 N–H and O–H groups in total. The first-order valence-electron chi connectivity index (χ1n) is 7.25. The molecule has 1 atom stereocenters. The Balaban J connectivity index is 2.57. The first kappa shape index (κ1) is 18.1. The molecule has 0 radical (unpaired) electrons. The molecule has 7 nitrogen and oxygen atoms in total. The number of sulfonamides is 1. The van der Waals surface area contributed by atoms with E-state index in [0.717, 1.165) is 19.5 Å². The van der Waals surface area contributed by atoms with E-state index in [-0.39, 0.29) is 10.9 Å². The van der Waals surface area contributed by atoms with Crippen molar-refractivity contribution in [3.05, 3.63) is 12.4 Å². The fourth-order valence-corrected chi connectivity index (χ4v) is 3.25. The Kier molecular flexibility index (Phi) is 7.30. The molecule has 1 rings (SSSR count). The molecule has 1 aromatic rings. The summed E-state index contributed by atoms with van der Waals surface area (Å²) in [5, 5.41) is 7.33. The Hall–Kier alpha value is -0.960. The van der Waals surface area contributed by atoms with Gasteiger partial charge in [-0.2, -0.15) is 5.10 Å². The largest absolute Gasteiger partial charge is 0.317 e. The number of aromatic nitrogens is 2. The van der Waals surface area contributed by atoms with Crippen LogP contribution in [0.1, 0.15) is 20.3 Å². The van der Waals surface area contributed by atoms with Crippen molar-refractivity contribution < 1.29 is 8.42 Å². The predicted octanol–water partition coefficient (Wildman–Crippen LogP) is 0.111. The lowest BCUT2D eigenvalue weighted by atomic mass is 10.3. The van der Waals surface area contributed by atoms with Crippen LogP contribution in [0.3, 0.4) is 0 Å². The summed E-state index contributed by atoms with van der Waals surface area (Å²) >= 11 is 0. The second kappa shape index (κ2) is 8.47. The molecule has 1 heterocycles. The van der Waals surface area contributed by atoms with Crippen molar-refractivity contribution in [3.8, 4) is 0 Å². The maximum Gasteiger partial charge on any atom is 0.243 e. The summed E-state index contributed by atoms with van der Waals surface area (Å²) in [6.07, 6.45) is 3.90. The lowest BCUT2D eigenvalue weighted by Gasteiger charge is -2.17. The molecule has 21 heavy (non-hydrogen) atoms. The number of hydrogen-bond donors (Lipinski definition) is 2. The second-order valence-corrected chi connectivity index (χ2v) is 7.14. The normalized spacial score (nSPS) is 13.8. The molecule has 0 fully saturated rings. The minimum absolute atomic E-state index is 0.151. The molecule has 0 aliphatic heterocycles. The van der Waals surface area contributed by atoms with Crippen molar-refractivity contribution in [1.82, 2.24) is 24.7 Å². The third kappa shape index (κ3) is 6.56. The molecule has 0 aliphatic carbocycles. The molecule has 1 aromatic heterocycles. The lowest BCUT2D eigenvalue weighted by Crippen LogP contribution is -2.39. The third-order valence-corrected chi connectivity index (χ3v) is 4.45. The van der Waals surface area contributed by atoms with E-state index in [2.05, 4.69) is 22.1 Å². The van der Waals surface area contributed by atoms with Crippen LogP contribution in [0.25, 0.3) is 0 Å². The zero-order valence-electron chi connectivity index (χ0n) is 13.3. The molecule has 0 aromatic carbocycles. The summed E-state index contributed by atoms with van der Waals surface area (Å²) in [6, 6.07) is -0.151. The Morgan fingerprint density at radius 3 is 2.76 bits per heavy atom. The highest BCUT2D eigenvalue weighted by molar-refractivity contribution is 7.89. The highest BCUT2D eigenvalue weighted by atomic mass is 32.2. The van der Waals surface area contributed by atoms with Gasteiger partial charge in [-0.25, -0.2) is 13.1 Å². The van der Waals surface area contributed by atoms with E-state index < -0.39 is 10.0 Å². The van der Waals surface area contributed by atoms with Gasteiger partial charge in [0.1, 0.15) is 4.90 Å². The SMILES string of the molecule is CCNCCCn1cc(S(=O)(=O)NC(C)CN(C)C)cn1. The maximum atomic E-state index is 12.2. The van der Waals surface area contributed by atoms with Crippen LogP contribution in [0.5, 0.6) is 0 Å². The van der Waals surface area contributed by atoms with Gasteiger partial charge in [0.25, 0.3) is 0 Å². The van der Waals surface area contributed by atoms with Crippen molar-refractivity contribution >= 4 is 10.0 Å². The van der Waals surface area contributed by atoms with E-state index in [1.807, 2.05) is 25.9 Å². The number of likely N-dealkylation sites (N-methyl/N-ethyl adjacent to an activating group) is 1. The van der Waals surface area contributed by atoms with Crippen molar-refractivity contribution in [2.75, 3.05) is 33.7 Å². The summed E-state index contributed by atoms with van der Waals surface area (Å²) in [5.74, 6) is 0. The lowest BCUT2D eigenvalue weighted by molar-refractivity contribution is 0.370. The summed E-state index contributed by atoms with van der Waals surface area (Å²) in [6.45, 7) is 7.09. The molecule has 8 heteroatoms. The molecule has 122 valence electrons. The van der Waals surface area contributed by atoms with Crippen LogP contribution in [0.15, 0.2) is 17.3 Å². The third-order valence-electron chi connectivity index (χ3n) is 2.91. The number of nitrogens with one attached hydrogen (secondary N) is 2. The van der Waals surface area contributed by atoms with Crippen LogP contribution in [0.4, 0.5) is 0 Å². The van der Waals surface area contributed by atoms with Gasteiger partial charge < -0.3 is 10.2 Å². The highest BCUT2D eigenvalue weighted by Gasteiger charge is 2.19. The summed E-state index contributed by atoms with van der Waals surface area (Å²) in [4.78, 5) is 2.16. The molecule has 0 saturated heterocycles. The number of rotatable bonds is 10. The molecular weight excluding hydrogens is 290 g/mol. The zero-order valence-corrected chi connectivity index (χ0v) is 14.2. The van der Waals surface area contributed by atoms with Gasteiger partial charge in [0, 0.05) is 25.3 Å². The predicted molar refractivity (Wildman–Crippen MR) is 83.7 cm³/mol. The van der Waals surface area contributed by atoms with Gasteiger partial charge in [-0.15, -0.1) is 0 Å². The number of hydrogen-bond acceptors (Lipinski definition) is 5. The van der Waals surface area contributed by atoms with E-state index in [1.54, 1.807) is 10.9 Å². The molecule has 0 spiro atoms. The topological polar surface area (TPSA) is 79.3 Å². The van der Waals surface area contributed by atoms with Crippen LogP contribution >= 0.6 is 0 Å². The maximum absolute atomic E-state index is 12.2. The van der Waals surface area contributed by atoms with Crippen molar-refractivity contribution in [3.63, 3.8) is 0 Å². The first-order valence-corrected chi connectivity index (χ1v) is 8.73. The molecule has 0 saturated carbocycles. The molecule has 0 bridgehead atoms. The standard InChI is InChI=1S/C13H27N5O2S/c1-5-14-7-6-8-18-11-13(9-15-18)21(19,20)16-12(2)10-17(3)4/h9,11-12,14,16H,5-8,10H2,1-4H3. The van der Waals surface area contributed by atoms with Crippen molar-refractivity contribution in [2.24, 2.45) is 0 Å². The van der Waals surface area contributed by atoms with E-state index in [1.165, 1.54) is 6.20 Å². The Bertz CT molecular complexity index is 512. The van der Waals surface area contributed by atoms with Crippen molar-refractivity contribution in [1.29, 1.82) is 0 Å². The monoisotopic (exact) mass is 317 g/mol. The van der Waals surface area contributed by atoms with E-state index in [0.29, 0.717) is 13.1 Å². The molecule has 1 unspecified atom stereocenters. The Labute approximate surface area is 127 Å². The second-order valence-electron chi connectivity index (χ2n) is 5.43. The van der Waals surface area contributed by atoms with Gasteiger partial charge in [0.15, 0.2) is 0 Å². The number of nitrogens with zero attached hydrogens (tertiary/aromatic N) is 3. The summed E-state index contributed by atoms with van der Waals surface area (Å²) in [5.41, 5.74) is 0. The van der Waals surface area contributed by atoms with Crippen LogP contribution in [0.2, 0.25) is 0 Å². The smallest absolute Gasteiger partial charge is 0.243 e. The Morgan fingerprint density at radius 1 is 1.43 bits per heavy atom. The summed E-state index contributed by atoms with van der Waals surface area (Å²) in [7, 11) is 0.325. The summed E-state index contributed by atoms with van der Waals surface area (Å²) < 4.78 is 28.8. The van der Waals surface area contributed by atoms with Gasteiger partial charge in [0.05, 0.1) is 6.20 Å². The minimum Gasteiger partial charge on any atom is -0.317 e. The fourth-order valence-electron chi connectivity index (χ4n) is 2.07. The van der Waals surface area contributed by atoms with Crippen LogP contribution in [-0.4, -0.2) is 62.9 Å². The van der Waals surface area contributed by atoms with Gasteiger partial charge in [-0.05, 0) is 40.5 Å². The quantitative estimate of drug-likeness (QED) is 0.599. The average Bonchev–Trinajstić information content (AvgIpc) is 2.82. The Morgan fingerprint density at radius 2 is 2.14 bits per heavy atom. The minimum atomic E-state index is -3.50. The fraction of sp³-hybridized carbons (Fsp3) is 0.769. The van der Waals surface area contributed by atoms with E-state index >= 15 is 0 Å². The molecular formula is C13H27N5O2S. The van der Waals surface area contributed by atoms with Gasteiger partial charge >= 0.3 is 0 Å².